The van der Waals surface area contributed by atoms with E-state index in [9.17, 15) is 4.79 Å². The first-order valence-electron chi connectivity index (χ1n) is 10.5. The van der Waals surface area contributed by atoms with Gasteiger partial charge in [-0.05, 0) is 56.1 Å². The third kappa shape index (κ3) is 5.30. The molecule has 156 valence electrons. The lowest BCUT2D eigenvalue weighted by atomic mass is 10.0. The zero-order valence-electron chi connectivity index (χ0n) is 17.3. The van der Waals surface area contributed by atoms with Crippen molar-refractivity contribution in [3.05, 3.63) is 60.2 Å². The fourth-order valence-electron chi connectivity index (χ4n) is 3.73. The molecule has 1 aliphatic heterocycles. The predicted octanol–water partition coefficient (Wildman–Crippen LogP) is 4.08. The van der Waals surface area contributed by atoms with Crippen LogP contribution in [0, 0.1) is 0 Å². The van der Waals surface area contributed by atoms with Crippen LogP contribution in [0.15, 0.2) is 53.3 Å². The van der Waals surface area contributed by atoms with Gasteiger partial charge in [-0.3, -0.25) is 14.7 Å². The van der Waals surface area contributed by atoms with Crippen molar-refractivity contribution in [2.75, 3.05) is 11.9 Å². The van der Waals surface area contributed by atoms with Gasteiger partial charge in [-0.15, -0.1) is 0 Å². The fraction of sp³-hybridized carbons (Fsp3) is 0.391. The molecular formula is C23H27N5O2. The van der Waals surface area contributed by atoms with Crippen molar-refractivity contribution in [1.82, 2.24) is 20.0 Å². The highest BCUT2D eigenvalue weighted by molar-refractivity contribution is 5.90. The molecule has 1 atom stereocenters. The van der Waals surface area contributed by atoms with Crippen LogP contribution >= 0.6 is 0 Å². The summed E-state index contributed by atoms with van der Waals surface area (Å²) in [5.41, 5.74) is 2.86. The van der Waals surface area contributed by atoms with E-state index in [0.717, 1.165) is 24.3 Å². The highest BCUT2D eigenvalue weighted by Gasteiger charge is 2.18. The van der Waals surface area contributed by atoms with Crippen LogP contribution in [-0.4, -0.2) is 38.5 Å². The molecule has 1 aromatic carbocycles. The maximum absolute atomic E-state index is 12.3. The topological polar surface area (TPSA) is 84.2 Å². The molecule has 0 radical (unpaired) electrons. The van der Waals surface area contributed by atoms with E-state index in [0.29, 0.717) is 24.2 Å². The quantitative estimate of drug-likeness (QED) is 0.638. The Morgan fingerprint density at radius 2 is 2.10 bits per heavy atom. The van der Waals surface area contributed by atoms with Gasteiger partial charge < -0.3 is 9.84 Å². The minimum Gasteiger partial charge on any atom is -0.339 e. The van der Waals surface area contributed by atoms with Gasteiger partial charge in [0.25, 0.3) is 0 Å². The molecule has 1 aliphatic rings. The lowest BCUT2D eigenvalue weighted by molar-refractivity contribution is -0.116. The second-order valence-electron chi connectivity index (χ2n) is 7.81. The zero-order valence-corrected chi connectivity index (χ0v) is 17.3. The van der Waals surface area contributed by atoms with Gasteiger partial charge in [0, 0.05) is 49.1 Å². The molecule has 0 spiro atoms. The van der Waals surface area contributed by atoms with E-state index < -0.39 is 0 Å². The summed E-state index contributed by atoms with van der Waals surface area (Å²) in [5.74, 6) is 0.848. The third-order valence-corrected chi connectivity index (χ3v) is 5.52. The van der Waals surface area contributed by atoms with Crippen molar-refractivity contribution in [2.24, 2.45) is 0 Å². The van der Waals surface area contributed by atoms with Crippen LogP contribution in [0.2, 0.25) is 0 Å². The summed E-state index contributed by atoms with van der Waals surface area (Å²) in [6.45, 7) is 4.43. The van der Waals surface area contributed by atoms with Gasteiger partial charge in [0.1, 0.15) is 0 Å². The fourth-order valence-corrected chi connectivity index (χ4v) is 3.73. The van der Waals surface area contributed by atoms with Crippen LogP contribution < -0.4 is 5.32 Å². The van der Waals surface area contributed by atoms with E-state index in [1.54, 1.807) is 12.4 Å². The lowest BCUT2D eigenvalue weighted by Crippen LogP contribution is -2.36. The number of nitrogens with one attached hydrogen (secondary N) is 1. The van der Waals surface area contributed by atoms with Crippen LogP contribution in [0.4, 0.5) is 5.69 Å². The highest BCUT2D eigenvalue weighted by atomic mass is 16.5. The second kappa shape index (κ2) is 9.63. The standard InChI is InChI=1S/C23H27N5O2/c1-17-5-2-3-14-28(17)16-18-7-9-20(10-8-18)25-21(29)11-12-22-26-23(27-30-22)19-6-4-13-24-15-19/h4,6-10,13,15,17H,2-3,5,11-12,14,16H2,1H3,(H,25,29). The Kier molecular flexibility index (Phi) is 6.49. The van der Waals surface area contributed by atoms with Gasteiger partial charge in [0.15, 0.2) is 0 Å². The number of aryl methyl sites for hydroxylation is 1. The molecule has 30 heavy (non-hydrogen) atoms. The number of amides is 1. The average molecular weight is 406 g/mol. The molecule has 3 aromatic rings. The first-order chi connectivity index (χ1) is 14.7. The minimum absolute atomic E-state index is 0.0754. The summed E-state index contributed by atoms with van der Waals surface area (Å²) < 4.78 is 5.24. The number of hydrogen-bond acceptors (Lipinski definition) is 6. The monoisotopic (exact) mass is 405 g/mol. The Balaban J connectivity index is 1.25. The van der Waals surface area contributed by atoms with Crippen LogP contribution in [0.3, 0.4) is 0 Å². The van der Waals surface area contributed by atoms with Crippen LogP contribution in [0.25, 0.3) is 11.4 Å². The number of carbonyl (C=O) groups is 1. The smallest absolute Gasteiger partial charge is 0.227 e. The van der Waals surface area contributed by atoms with Crippen molar-refractivity contribution in [2.45, 2.75) is 51.6 Å². The number of benzene rings is 1. The van der Waals surface area contributed by atoms with E-state index in [-0.39, 0.29) is 12.3 Å². The molecule has 1 fully saturated rings. The number of hydrogen-bond donors (Lipinski definition) is 1. The summed E-state index contributed by atoms with van der Waals surface area (Å²) in [7, 11) is 0. The van der Waals surface area contributed by atoms with Crippen LogP contribution in [0.5, 0.6) is 0 Å². The Morgan fingerprint density at radius 3 is 2.87 bits per heavy atom. The van der Waals surface area contributed by atoms with Crippen LogP contribution in [0.1, 0.15) is 44.1 Å². The SMILES string of the molecule is CC1CCCCN1Cc1ccc(NC(=O)CCc2nc(-c3cccnc3)no2)cc1. The molecule has 7 heteroatoms. The van der Waals surface area contributed by atoms with Gasteiger partial charge in [0.2, 0.25) is 17.6 Å². The molecule has 1 unspecified atom stereocenters. The van der Waals surface area contributed by atoms with Gasteiger partial charge >= 0.3 is 0 Å². The van der Waals surface area contributed by atoms with Crippen molar-refractivity contribution in [3.8, 4) is 11.4 Å². The number of likely N-dealkylation sites (tertiary alicyclic amines) is 1. The lowest BCUT2D eigenvalue weighted by Gasteiger charge is -2.33. The molecule has 1 N–H and O–H groups in total. The van der Waals surface area contributed by atoms with Gasteiger partial charge in [0.05, 0.1) is 0 Å². The summed E-state index contributed by atoms with van der Waals surface area (Å²) >= 11 is 0. The molecule has 0 saturated carbocycles. The molecule has 2 aromatic heterocycles. The van der Waals surface area contributed by atoms with Gasteiger partial charge in [-0.25, -0.2) is 0 Å². The van der Waals surface area contributed by atoms with E-state index in [2.05, 4.69) is 44.4 Å². The largest absolute Gasteiger partial charge is 0.339 e. The molecular weight excluding hydrogens is 378 g/mol. The van der Waals surface area contributed by atoms with E-state index in [1.807, 2.05) is 24.3 Å². The van der Waals surface area contributed by atoms with E-state index >= 15 is 0 Å². The number of piperidine rings is 1. The number of aromatic nitrogens is 3. The second-order valence-corrected chi connectivity index (χ2v) is 7.81. The number of rotatable bonds is 7. The maximum atomic E-state index is 12.3. The van der Waals surface area contributed by atoms with Crippen molar-refractivity contribution >= 4 is 11.6 Å². The van der Waals surface area contributed by atoms with Crippen molar-refractivity contribution in [3.63, 3.8) is 0 Å². The first-order valence-corrected chi connectivity index (χ1v) is 10.5. The molecule has 0 bridgehead atoms. The zero-order chi connectivity index (χ0) is 20.8. The molecule has 3 heterocycles. The number of anilines is 1. The molecule has 0 aliphatic carbocycles. The molecule has 4 rings (SSSR count). The number of carbonyl (C=O) groups excluding carboxylic acids is 1. The van der Waals surface area contributed by atoms with Gasteiger partial charge in [-0.1, -0.05) is 23.7 Å². The Hall–Kier alpha value is -3.06. The minimum atomic E-state index is -0.0754. The Labute approximate surface area is 176 Å². The molecule has 1 saturated heterocycles. The summed E-state index contributed by atoms with van der Waals surface area (Å²) in [6, 6.07) is 12.4. The van der Waals surface area contributed by atoms with Crippen LogP contribution in [-0.2, 0) is 17.8 Å². The normalized spacial score (nSPS) is 17.0. The first kappa shape index (κ1) is 20.2. The molecule has 1 amide bonds. The predicted molar refractivity (Wildman–Crippen MR) is 115 cm³/mol. The van der Waals surface area contributed by atoms with Crippen molar-refractivity contribution in [1.29, 1.82) is 0 Å². The summed E-state index contributed by atoms with van der Waals surface area (Å²) in [6.07, 6.45) is 7.93. The summed E-state index contributed by atoms with van der Waals surface area (Å²) in [5, 5.41) is 6.89. The number of pyridine rings is 1. The van der Waals surface area contributed by atoms with E-state index in [1.165, 1.54) is 24.8 Å². The maximum Gasteiger partial charge on any atom is 0.227 e. The Morgan fingerprint density at radius 1 is 1.23 bits per heavy atom. The highest BCUT2D eigenvalue weighted by Crippen LogP contribution is 2.20. The third-order valence-electron chi connectivity index (χ3n) is 5.52. The van der Waals surface area contributed by atoms with Gasteiger partial charge in [-0.2, -0.15) is 4.98 Å². The molecule has 7 nitrogen and oxygen atoms in total. The Bertz CT molecular complexity index is 955. The number of nitrogens with zero attached hydrogens (tertiary/aromatic N) is 4. The summed E-state index contributed by atoms with van der Waals surface area (Å²) in [4.78, 5) is 23.2. The van der Waals surface area contributed by atoms with E-state index in [4.69, 9.17) is 4.52 Å². The van der Waals surface area contributed by atoms with Crippen molar-refractivity contribution < 1.29 is 9.32 Å². The average Bonchev–Trinajstić information content (AvgIpc) is 3.25.